The maximum absolute atomic E-state index is 5.65. The number of fused-ring (bicyclic) bond motifs is 2. The highest BCUT2D eigenvalue weighted by Gasteiger charge is 2.10. The smallest absolute Gasteiger partial charge is 0.134 e. The van der Waals surface area contributed by atoms with Crippen LogP contribution in [-0.2, 0) is 6.54 Å². The van der Waals surface area contributed by atoms with Crippen LogP contribution < -0.4 is 4.90 Å². The Kier molecular flexibility index (Phi) is 3.08. The van der Waals surface area contributed by atoms with E-state index in [1.54, 1.807) is 0 Å². The van der Waals surface area contributed by atoms with Gasteiger partial charge in [0, 0.05) is 35.6 Å². The zero-order chi connectivity index (χ0) is 14.9. The monoisotopic (exact) mass is 287 g/mol. The third-order valence-corrected chi connectivity index (χ3v) is 4.15. The second-order valence-electron chi connectivity index (χ2n) is 5.61. The molecule has 0 N–H and O–H groups in total. The van der Waals surface area contributed by atoms with Crippen LogP contribution in [0.1, 0.15) is 5.56 Å². The fourth-order valence-electron chi connectivity index (χ4n) is 3.04. The van der Waals surface area contributed by atoms with E-state index in [1.165, 1.54) is 27.4 Å². The van der Waals surface area contributed by atoms with Crippen molar-refractivity contribution in [1.82, 2.24) is 0 Å². The van der Waals surface area contributed by atoms with Gasteiger partial charge in [0.1, 0.15) is 5.58 Å². The van der Waals surface area contributed by atoms with Crippen LogP contribution in [0.15, 0.2) is 77.4 Å². The van der Waals surface area contributed by atoms with Gasteiger partial charge in [0.25, 0.3) is 0 Å². The first-order chi connectivity index (χ1) is 10.8. The Bertz CT molecular complexity index is 933. The molecular weight excluding hydrogens is 270 g/mol. The van der Waals surface area contributed by atoms with Gasteiger partial charge in [-0.25, -0.2) is 0 Å². The first-order valence-corrected chi connectivity index (χ1v) is 7.47. The van der Waals surface area contributed by atoms with E-state index in [9.17, 15) is 0 Å². The van der Waals surface area contributed by atoms with E-state index in [2.05, 4.69) is 66.5 Å². The highest BCUT2D eigenvalue weighted by atomic mass is 16.3. The van der Waals surface area contributed by atoms with E-state index in [0.717, 1.165) is 12.1 Å². The molecule has 0 aliphatic heterocycles. The van der Waals surface area contributed by atoms with Crippen molar-refractivity contribution in [3.05, 3.63) is 78.6 Å². The van der Waals surface area contributed by atoms with Gasteiger partial charge >= 0.3 is 0 Å². The maximum Gasteiger partial charge on any atom is 0.134 e. The number of rotatable bonds is 3. The predicted molar refractivity (Wildman–Crippen MR) is 92.3 cm³/mol. The largest absolute Gasteiger partial charge is 0.464 e. The Morgan fingerprint density at radius 1 is 0.818 bits per heavy atom. The molecule has 4 rings (SSSR count). The van der Waals surface area contributed by atoms with E-state index in [4.69, 9.17) is 4.42 Å². The van der Waals surface area contributed by atoms with E-state index >= 15 is 0 Å². The Balaban J connectivity index is 1.73. The summed E-state index contributed by atoms with van der Waals surface area (Å²) in [5.41, 5.74) is 3.40. The van der Waals surface area contributed by atoms with Crippen LogP contribution in [0.3, 0.4) is 0 Å². The molecule has 0 unspecified atom stereocenters. The average Bonchev–Trinajstić information content (AvgIpc) is 2.97. The van der Waals surface area contributed by atoms with Gasteiger partial charge in [-0.15, -0.1) is 0 Å². The molecule has 0 aliphatic carbocycles. The molecule has 0 atom stereocenters. The van der Waals surface area contributed by atoms with Gasteiger partial charge < -0.3 is 9.32 Å². The summed E-state index contributed by atoms with van der Waals surface area (Å²) in [6.45, 7) is 0.824. The molecule has 0 radical (unpaired) electrons. The van der Waals surface area contributed by atoms with Crippen LogP contribution in [0.4, 0.5) is 5.69 Å². The van der Waals surface area contributed by atoms with Crippen LogP contribution >= 0.6 is 0 Å². The molecule has 2 heteroatoms. The van der Waals surface area contributed by atoms with Crippen molar-refractivity contribution in [2.75, 3.05) is 11.9 Å². The Morgan fingerprint density at radius 3 is 2.45 bits per heavy atom. The van der Waals surface area contributed by atoms with E-state index < -0.39 is 0 Å². The number of hydrogen-bond acceptors (Lipinski definition) is 2. The Labute approximate surface area is 129 Å². The standard InChI is InChI=1S/C20H17NO/c1-21(13-16-14-22-20-12-5-4-10-18(16)20)19-11-6-8-15-7-2-3-9-17(15)19/h2-12,14H,13H2,1H3. The molecule has 2 nitrogen and oxygen atoms in total. The lowest BCUT2D eigenvalue weighted by Gasteiger charge is -2.20. The summed E-state index contributed by atoms with van der Waals surface area (Å²) in [7, 11) is 2.13. The molecule has 3 aromatic carbocycles. The second-order valence-corrected chi connectivity index (χ2v) is 5.61. The number of anilines is 1. The van der Waals surface area contributed by atoms with Crippen molar-refractivity contribution in [2.45, 2.75) is 6.54 Å². The summed E-state index contributed by atoms with van der Waals surface area (Å²) in [6, 6.07) is 23.1. The fraction of sp³-hybridized carbons (Fsp3) is 0.100. The van der Waals surface area contributed by atoms with Crippen molar-refractivity contribution >= 4 is 27.4 Å². The van der Waals surface area contributed by atoms with Gasteiger partial charge in [0.2, 0.25) is 0 Å². The first-order valence-electron chi connectivity index (χ1n) is 7.47. The average molecular weight is 287 g/mol. The zero-order valence-corrected chi connectivity index (χ0v) is 12.5. The fourth-order valence-corrected chi connectivity index (χ4v) is 3.04. The van der Waals surface area contributed by atoms with Crippen LogP contribution in [0.25, 0.3) is 21.7 Å². The third-order valence-electron chi connectivity index (χ3n) is 4.15. The lowest BCUT2D eigenvalue weighted by Crippen LogP contribution is -2.16. The maximum atomic E-state index is 5.65. The van der Waals surface area contributed by atoms with Crippen LogP contribution in [0, 0.1) is 0 Å². The van der Waals surface area contributed by atoms with Gasteiger partial charge in [-0.2, -0.15) is 0 Å². The molecule has 4 aromatic rings. The summed E-state index contributed by atoms with van der Waals surface area (Å²) in [5.74, 6) is 0. The molecule has 0 saturated heterocycles. The van der Waals surface area contributed by atoms with Crippen molar-refractivity contribution < 1.29 is 4.42 Å². The van der Waals surface area contributed by atoms with Crippen molar-refractivity contribution in [1.29, 1.82) is 0 Å². The van der Waals surface area contributed by atoms with Gasteiger partial charge in [0.05, 0.1) is 6.26 Å². The summed E-state index contributed by atoms with van der Waals surface area (Å²) in [5, 5.41) is 3.73. The Morgan fingerprint density at radius 2 is 1.55 bits per heavy atom. The highest BCUT2D eigenvalue weighted by molar-refractivity contribution is 5.94. The first kappa shape index (κ1) is 13.0. The van der Waals surface area contributed by atoms with Gasteiger partial charge in [-0.05, 0) is 17.5 Å². The molecule has 0 bridgehead atoms. The van der Waals surface area contributed by atoms with Crippen molar-refractivity contribution in [3.63, 3.8) is 0 Å². The molecule has 0 spiro atoms. The van der Waals surface area contributed by atoms with E-state index in [1.807, 2.05) is 18.4 Å². The third kappa shape index (κ3) is 2.13. The van der Waals surface area contributed by atoms with Crippen LogP contribution in [0.2, 0.25) is 0 Å². The topological polar surface area (TPSA) is 16.4 Å². The molecule has 1 heterocycles. The number of para-hydroxylation sites is 1. The second kappa shape index (κ2) is 5.23. The number of furan rings is 1. The number of benzene rings is 3. The SMILES string of the molecule is CN(Cc1coc2ccccc12)c1cccc2ccccc12. The lowest BCUT2D eigenvalue weighted by atomic mass is 10.1. The molecule has 0 saturated carbocycles. The van der Waals surface area contributed by atoms with E-state index in [0.29, 0.717) is 0 Å². The van der Waals surface area contributed by atoms with Gasteiger partial charge in [-0.1, -0.05) is 54.6 Å². The lowest BCUT2D eigenvalue weighted by molar-refractivity contribution is 0.610. The minimum atomic E-state index is 0.824. The predicted octanol–water partition coefficient (Wildman–Crippen LogP) is 5.22. The number of hydrogen-bond donors (Lipinski definition) is 0. The normalized spacial score (nSPS) is 11.1. The summed E-state index contributed by atoms with van der Waals surface area (Å²) >= 11 is 0. The van der Waals surface area contributed by atoms with Crippen LogP contribution in [-0.4, -0.2) is 7.05 Å². The number of nitrogens with zero attached hydrogens (tertiary/aromatic N) is 1. The molecule has 1 aromatic heterocycles. The van der Waals surface area contributed by atoms with Gasteiger partial charge in [-0.3, -0.25) is 0 Å². The molecule has 0 amide bonds. The van der Waals surface area contributed by atoms with Crippen molar-refractivity contribution in [3.8, 4) is 0 Å². The minimum absolute atomic E-state index is 0.824. The summed E-state index contributed by atoms with van der Waals surface area (Å²) in [6.07, 6.45) is 1.87. The highest BCUT2D eigenvalue weighted by Crippen LogP contribution is 2.28. The molecule has 22 heavy (non-hydrogen) atoms. The molecule has 0 aliphatic rings. The van der Waals surface area contributed by atoms with Crippen molar-refractivity contribution in [2.24, 2.45) is 0 Å². The Hall–Kier alpha value is -2.74. The minimum Gasteiger partial charge on any atom is -0.464 e. The van der Waals surface area contributed by atoms with Gasteiger partial charge in [0.15, 0.2) is 0 Å². The summed E-state index contributed by atoms with van der Waals surface area (Å²) < 4.78 is 5.65. The van der Waals surface area contributed by atoms with E-state index in [-0.39, 0.29) is 0 Å². The zero-order valence-electron chi connectivity index (χ0n) is 12.5. The molecule has 0 fully saturated rings. The molecule has 108 valence electrons. The molecular formula is C20H17NO. The summed E-state index contributed by atoms with van der Waals surface area (Å²) in [4.78, 5) is 2.28. The quantitative estimate of drug-likeness (QED) is 0.513. The van der Waals surface area contributed by atoms with Crippen LogP contribution in [0.5, 0.6) is 0 Å².